The summed E-state index contributed by atoms with van der Waals surface area (Å²) in [7, 11) is 1.58. The average Bonchev–Trinajstić information content (AvgIpc) is 2.98. The number of carbonyl (C=O) groups is 1. The zero-order valence-electron chi connectivity index (χ0n) is 12.6. The van der Waals surface area contributed by atoms with E-state index in [1.807, 2.05) is 24.6 Å². The lowest BCUT2D eigenvalue weighted by atomic mass is 10.0. The fraction of sp³-hybridized carbons (Fsp3) is 0.312. The number of carbonyl (C=O) groups excluding carboxylic acids is 1. The number of rotatable bonds is 6. The number of nitrogens with one attached hydrogen (secondary N) is 1. The van der Waals surface area contributed by atoms with E-state index in [9.17, 15) is 9.18 Å². The smallest absolute Gasteiger partial charge is 0.262 e. The van der Waals surface area contributed by atoms with E-state index in [0.29, 0.717) is 4.88 Å². The van der Waals surface area contributed by atoms with Gasteiger partial charge in [0.05, 0.1) is 6.04 Å². The van der Waals surface area contributed by atoms with Crippen LogP contribution in [0.15, 0.2) is 40.6 Å². The maximum absolute atomic E-state index is 13.0. The molecule has 0 radical (unpaired) electrons. The second kappa shape index (κ2) is 7.76. The number of thioether (sulfide) groups is 1. The Hall–Kier alpha value is -1.37. The molecule has 0 aliphatic rings. The van der Waals surface area contributed by atoms with E-state index in [-0.39, 0.29) is 23.9 Å². The van der Waals surface area contributed by atoms with Crippen molar-refractivity contribution < 1.29 is 13.9 Å². The summed E-state index contributed by atoms with van der Waals surface area (Å²) in [5.74, 6) is -0.408. The zero-order chi connectivity index (χ0) is 16.1. The van der Waals surface area contributed by atoms with Crippen LogP contribution in [-0.4, -0.2) is 25.3 Å². The first kappa shape index (κ1) is 17.0. The Morgan fingerprint density at radius 1 is 1.32 bits per heavy atom. The van der Waals surface area contributed by atoms with Crippen molar-refractivity contribution in [1.82, 2.24) is 5.32 Å². The van der Waals surface area contributed by atoms with Crippen molar-refractivity contribution in [2.45, 2.75) is 24.0 Å². The van der Waals surface area contributed by atoms with Gasteiger partial charge in [-0.3, -0.25) is 4.79 Å². The van der Waals surface area contributed by atoms with Crippen molar-refractivity contribution in [3.8, 4) is 0 Å². The number of amides is 1. The molecule has 0 unspecified atom stereocenters. The molecule has 1 aromatic heterocycles. The normalized spacial score (nSPS) is 13.6. The van der Waals surface area contributed by atoms with Crippen molar-refractivity contribution >= 4 is 29.0 Å². The van der Waals surface area contributed by atoms with Crippen LogP contribution >= 0.6 is 23.1 Å². The number of benzene rings is 1. The highest BCUT2D eigenvalue weighted by atomic mass is 32.2. The van der Waals surface area contributed by atoms with Crippen LogP contribution in [0.25, 0.3) is 0 Å². The molecule has 1 N–H and O–H groups in total. The first-order chi connectivity index (χ1) is 10.6. The van der Waals surface area contributed by atoms with Crippen molar-refractivity contribution in [2.24, 2.45) is 0 Å². The first-order valence-corrected chi connectivity index (χ1v) is 8.88. The van der Waals surface area contributed by atoms with Gasteiger partial charge in [0.1, 0.15) is 16.8 Å². The minimum Gasteiger partial charge on any atom is -0.375 e. The van der Waals surface area contributed by atoms with Crippen molar-refractivity contribution in [3.05, 3.63) is 52.0 Å². The standard InChI is InChI=1S/C16H18FNO2S2/c1-10(14(20-2)11-4-6-12(17)7-5-11)18-16(19)15-13(21-3)8-9-22-15/h4-10,14H,1-3H3,(H,18,19)/t10-,14-/m1/s1. The molecule has 1 heterocycles. The summed E-state index contributed by atoms with van der Waals surface area (Å²) in [6, 6.07) is 7.82. The highest BCUT2D eigenvalue weighted by molar-refractivity contribution is 7.98. The SMILES string of the molecule is CO[C@@H](c1ccc(F)cc1)[C@@H](C)NC(=O)c1sccc1SC. The number of ether oxygens (including phenoxy) is 1. The molecule has 6 heteroatoms. The second-order valence-corrected chi connectivity index (χ2v) is 6.55. The lowest BCUT2D eigenvalue weighted by Gasteiger charge is -2.24. The molecule has 1 aromatic carbocycles. The highest BCUT2D eigenvalue weighted by Gasteiger charge is 2.22. The summed E-state index contributed by atoms with van der Waals surface area (Å²) in [6.45, 7) is 1.88. The minimum atomic E-state index is -0.331. The minimum absolute atomic E-state index is 0.115. The summed E-state index contributed by atoms with van der Waals surface area (Å²) in [5.41, 5.74) is 0.827. The highest BCUT2D eigenvalue weighted by Crippen LogP contribution is 2.26. The van der Waals surface area contributed by atoms with Gasteiger partial charge in [-0.25, -0.2) is 4.39 Å². The summed E-state index contributed by atoms with van der Waals surface area (Å²) in [5, 5.41) is 4.86. The Labute approximate surface area is 137 Å². The summed E-state index contributed by atoms with van der Waals surface area (Å²) < 4.78 is 18.5. The van der Waals surface area contributed by atoms with Gasteiger partial charge in [-0.2, -0.15) is 0 Å². The molecule has 0 spiro atoms. The van der Waals surface area contributed by atoms with Gasteiger partial charge in [0.25, 0.3) is 5.91 Å². The molecule has 118 valence electrons. The van der Waals surface area contributed by atoms with Crippen molar-refractivity contribution in [3.63, 3.8) is 0 Å². The van der Waals surface area contributed by atoms with Gasteiger partial charge < -0.3 is 10.1 Å². The van der Waals surface area contributed by atoms with E-state index in [1.54, 1.807) is 31.0 Å². The number of halogens is 1. The van der Waals surface area contributed by atoms with Crippen LogP contribution in [0.2, 0.25) is 0 Å². The lowest BCUT2D eigenvalue weighted by molar-refractivity contribution is 0.0645. The van der Waals surface area contributed by atoms with Crippen LogP contribution in [0.3, 0.4) is 0 Å². The van der Waals surface area contributed by atoms with Crippen LogP contribution < -0.4 is 5.32 Å². The Kier molecular flexibility index (Phi) is 5.99. The molecular weight excluding hydrogens is 321 g/mol. The average molecular weight is 339 g/mol. The van der Waals surface area contributed by atoms with E-state index in [2.05, 4.69) is 5.32 Å². The second-order valence-electron chi connectivity index (χ2n) is 4.79. The first-order valence-electron chi connectivity index (χ1n) is 6.77. The van der Waals surface area contributed by atoms with Crippen LogP contribution in [-0.2, 0) is 4.74 Å². The lowest BCUT2D eigenvalue weighted by Crippen LogP contribution is -2.37. The quantitative estimate of drug-likeness (QED) is 0.805. The number of methoxy groups -OCH3 is 1. The summed E-state index contributed by atoms with van der Waals surface area (Å²) in [4.78, 5) is 14.0. The van der Waals surface area contributed by atoms with Gasteiger partial charge in [0, 0.05) is 12.0 Å². The van der Waals surface area contributed by atoms with Gasteiger partial charge in [0.15, 0.2) is 0 Å². The Morgan fingerprint density at radius 3 is 2.59 bits per heavy atom. The molecule has 0 saturated heterocycles. The van der Waals surface area contributed by atoms with E-state index < -0.39 is 0 Å². The fourth-order valence-electron chi connectivity index (χ4n) is 2.25. The molecule has 2 atom stereocenters. The zero-order valence-corrected chi connectivity index (χ0v) is 14.3. The van der Waals surface area contributed by atoms with Gasteiger partial charge in [-0.05, 0) is 42.3 Å². The third-order valence-electron chi connectivity index (χ3n) is 3.32. The third-order valence-corrected chi connectivity index (χ3v) is 5.14. The Bertz CT molecular complexity index is 627. The predicted octanol–water partition coefficient (Wildman–Crippen LogP) is 4.12. The third kappa shape index (κ3) is 3.88. The Morgan fingerprint density at radius 2 is 2.00 bits per heavy atom. The monoisotopic (exact) mass is 339 g/mol. The molecule has 0 saturated carbocycles. The molecule has 0 fully saturated rings. The number of hydrogen-bond donors (Lipinski definition) is 1. The predicted molar refractivity (Wildman–Crippen MR) is 89.2 cm³/mol. The fourth-order valence-corrected chi connectivity index (χ4v) is 3.91. The van der Waals surface area contributed by atoms with Crippen molar-refractivity contribution in [2.75, 3.05) is 13.4 Å². The molecule has 22 heavy (non-hydrogen) atoms. The molecule has 3 nitrogen and oxygen atoms in total. The molecule has 2 aromatic rings. The Balaban J connectivity index is 2.10. The number of hydrogen-bond acceptors (Lipinski definition) is 4. The molecule has 0 aliphatic heterocycles. The number of thiophene rings is 1. The van der Waals surface area contributed by atoms with Crippen molar-refractivity contribution in [1.29, 1.82) is 0 Å². The summed E-state index contributed by atoms with van der Waals surface area (Å²) in [6.07, 6.45) is 1.61. The molecular formula is C16H18FNO2S2. The van der Waals surface area contributed by atoms with Crippen LogP contribution in [0.5, 0.6) is 0 Å². The molecule has 1 amide bonds. The molecule has 0 aliphatic carbocycles. The van der Waals surface area contributed by atoms with Gasteiger partial charge in [0.2, 0.25) is 0 Å². The van der Waals surface area contributed by atoms with Crippen LogP contribution in [0, 0.1) is 5.82 Å². The topological polar surface area (TPSA) is 38.3 Å². The van der Waals surface area contributed by atoms with Crippen LogP contribution in [0.1, 0.15) is 28.3 Å². The van der Waals surface area contributed by atoms with E-state index in [0.717, 1.165) is 10.5 Å². The maximum Gasteiger partial charge on any atom is 0.262 e. The molecule has 0 bridgehead atoms. The van der Waals surface area contributed by atoms with E-state index >= 15 is 0 Å². The van der Waals surface area contributed by atoms with Gasteiger partial charge in [-0.15, -0.1) is 23.1 Å². The molecule has 2 rings (SSSR count). The maximum atomic E-state index is 13.0. The summed E-state index contributed by atoms with van der Waals surface area (Å²) >= 11 is 2.96. The van der Waals surface area contributed by atoms with Crippen LogP contribution in [0.4, 0.5) is 4.39 Å². The van der Waals surface area contributed by atoms with E-state index in [1.165, 1.54) is 23.5 Å². The van der Waals surface area contributed by atoms with E-state index in [4.69, 9.17) is 4.74 Å². The van der Waals surface area contributed by atoms with Gasteiger partial charge >= 0.3 is 0 Å². The van der Waals surface area contributed by atoms with Gasteiger partial charge in [-0.1, -0.05) is 12.1 Å². The largest absolute Gasteiger partial charge is 0.375 e.